The van der Waals surface area contributed by atoms with Crippen LogP contribution in [0.5, 0.6) is 0 Å². The van der Waals surface area contributed by atoms with Crippen molar-refractivity contribution in [2.75, 3.05) is 13.2 Å². The highest BCUT2D eigenvalue weighted by Crippen LogP contribution is 2.18. The molecular formula is C17H29N5O7. The van der Waals surface area contributed by atoms with Crippen LogP contribution in [0, 0.1) is 5.92 Å². The molecule has 0 aromatic heterocycles. The Morgan fingerprint density at radius 2 is 1.79 bits per heavy atom. The minimum Gasteiger partial charge on any atom is -0.480 e. The molecule has 1 rings (SSSR count). The molecular weight excluding hydrogens is 386 g/mol. The Balaban J connectivity index is 2.92. The molecule has 12 nitrogen and oxygen atoms in total. The Hall–Kier alpha value is -2.73. The van der Waals surface area contributed by atoms with Crippen molar-refractivity contribution in [1.82, 2.24) is 15.5 Å². The Kier molecular flexibility index (Phi) is 8.98. The molecule has 12 heteroatoms. The Morgan fingerprint density at radius 3 is 2.28 bits per heavy atom. The molecule has 4 amide bonds. The summed E-state index contributed by atoms with van der Waals surface area (Å²) in [7, 11) is 0. The average molecular weight is 415 g/mol. The summed E-state index contributed by atoms with van der Waals surface area (Å²) in [6.07, 6.45) is 0.284. The lowest BCUT2D eigenvalue weighted by molar-refractivity contribution is -0.144. The summed E-state index contributed by atoms with van der Waals surface area (Å²) in [5, 5.41) is 22.9. The number of hydrogen-bond donors (Lipinski definition) is 6. The topological polar surface area (TPSA) is 205 Å². The molecule has 0 aromatic rings. The van der Waals surface area contributed by atoms with Crippen molar-refractivity contribution in [3.63, 3.8) is 0 Å². The van der Waals surface area contributed by atoms with E-state index in [0.717, 1.165) is 0 Å². The first-order valence-corrected chi connectivity index (χ1v) is 9.28. The van der Waals surface area contributed by atoms with Crippen LogP contribution < -0.4 is 22.1 Å². The quantitative estimate of drug-likeness (QED) is 0.215. The zero-order chi connectivity index (χ0) is 22.3. The van der Waals surface area contributed by atoms with Crippen molar-refractivity contribution in [1.29, 1.82) is 0 Å². The van der Waals surface area contributed by atoms with Crippen molar-refractivity contribution in [2.45, 2.75) is 57.3 Å². The van der Waals surface area contributed by atoms with Crippen LogP contribution in [-0.4, -0.2) is 82.0 Å². The predicted molar refractivity (Wildman–Crippen MR) is 99.9 cm³/mol. The van der Waals surface area contributed by atoms with Crippen LogP contribution in [0.25, 0.3) is 0 Å². The number of amides is 4. The zero-order valence-corrected chi connectivity index (χ0v) is 16.5. The number of carboxylic acid groups (broad SMARTS) is 1. The molecule has 0 spiro atoms. The van der Waals surface area contributed by atoms with Gasteiger partial charge in [-0.2, -0.15) is 0 Å². The van der Waals surface area contributed by atoms with Gasteiger partial charge in [0.1, 0.15) is 24.2 Å². The molecule has 0 aliphatic carbocycles. The first kappa shape index (κ1) is 24.3. The molecule has 8 N–H and O–H groups in total. The molecule has 0 bridgehead atoms. The van der Waals surface area contributed by atoms with Crippen molar-refractivity contribution < 1.29 is 34.2 Å². The third-order valence-electron chi connectivity index (χ3n) is 4.62. The maximum atomic E-state index is 12.7. The second-order valence-electron chi connectivity index (χ2n) is 7.28. The molecule has 0 aromatic carbocycles. The van der Waals surface area contributed by atoms with Gasteiger partial charge in [0, 0.05) is 6.54 Å². The predicted octanol–water partition coefficient (Wildman–Crippen LogP) is -3.12. The molecule has 0 radical (unpaired) electrons. The van der Waals surface area contributed by atoms with Gasteiger partial charge in [0.25, 0.3) is 0 Å². The van der Waals surface area contributed by atoms with Crippen LogP contribution >= 0.6 is 0 Å². The van der Waals surface area contributed by atoms with Gasteiger partial charge in [-0.05, 0) is 18.8 Å². The maximum Gasteiger partial charge on any atom is 0.326 e. The normalized spacial score (nSPS) is 19.3. The van der Waals surface area contributed by atoms with Crippen LogP contribution in [0.15, 0.2) is 0 Å². The highest BCUT2D eigenvalue weighted by molar-refractivity contribution is 5.96. The van der Waals surface area contributed by atoms with E-state index in [2.05, 4.69) is 10.6 Å². The smallest absolute Gasteiger partial charge is 0.326 e. The second kappa shape index (κ2) is 10.7. The number of aliphatic carboxylic acids is 1. The third kappa shape index (κ3) is 6.68. The van der Waals surface area contributed by atoms with Gasteiger partial charge in [-0.15, -0.1) is 0 Å². The molecule has 0 saturated carbocycles. The van der Waals surface area contributed by atoms with E-state index < -0.39 is 72.7 Å². The van der Waals surface area contributed by atoms with Gasteiger partial charge in [0.05, 0.1) is 13.0 Å². The molecule has 29 heavy (non-hydrogen) atoms. The van der Waals surface area contributed by atoms with E-state index in [1.54, 1.807) is 13.8 Å². The number of carbonyl (C=O) groups is 5. The van der Waals surface area contributed by atoms with E-state index in [0.29, 0.717) is 12.8 Å². The number of rotatable bonds is 10. The Bertz CT molecular complexity index is 654. The molecule has 4 unspecified atom stereocenters. The van der Waals surface area contributed by atoms with Gasteiger partial charge in [-0.1, -0.05) is 13.8 Å². The second-order valence-corrected chi connectivity index (χ2v) is 7.28. The van der Waals surface area contributed by atoms with Crippen LogP contribution in [0.3, 0.4) is 0 Å². The van der Waals surface area contributed by atoms with Crippen molar-refractivity contribution in [3.8, 4) is 0 Å². The van der Waals surface area contributed by atoms with Gasteiger partial charge < -0.3 is 37.2 Å². The first-order chi connectivity index (χ1) is 13.5. The minimum absolute atomic E-state index is 0.256. The number of primary amides is 1. The standard InChI is InChI=1S/C17H29N5O7/c1-8(2)13(17(28)29)21-14(25)10(6-12(19)24)20-15(26)11-4-3-5-22(11)16(27)9(18)7-23/h8-11,13,23H,3-7,18H2,1-2H3,(H2,19,24)(H,20,26)(H,21,25)(H,28,29). The highest BCUT2D eigenvalue weighted by Gasteiger charge is 2.38. The van der Waals surface area contributed by atoms with E-state index in [1.165, 1.54) is 4.90 Å². The van der Waals surface area contributed by atoms with E-state index in [9.17, 15) is 29.1 Å². The van der Waals surface area contributed by atoms with Gasteiger partial charge in [0.15, 0.2) is 0 Å². The highest BCUT2D eigenvalue weighted by atomic mass is 16.4. The summed E-state index contributed by atoms with van der Waals surface area (Å²) in [6, 6.07) is -4.72. The lowest BCUT2D eigenvalue weighted by Gasteiger charge is -2.28. The number of likely N-dealkylation sites (tertiary alicyclic amines) is 1. The fourth-order valence-electron chi connectivity index (χ4n) is 3.04. The molecule has 1 aliphatic rings. The Morgan fingerprint density at radius 1 is 1.17 bits per heavy atom. The monoisotopic (exact) mass is 415 g/mol. The van der Waals surface area contributed by atoms with Gasteiger partial charge in [-0.25, -0.2) is 4.79 Å². The number of hydrogen-bond acceptors (Lipinski definition) is 7. The summed E-state index contributed by atoms with van der Waals surface area (Å²) >= 11 is 0. The fourth-order valence-corrected chi connectivity index (χ4v) is 3.04. The maximum absolute atomic E-state index is 12.7. The molecule has 1 fully saturated rings. The number of nitrogens with one attached hydrogen (secondary N) is 2. The number of carboxylic acids is 1. The third-order valence-corrected chi connectivity index (χ3v) is 4.62. The zero-order valence-electron chi connectivity index (χ0n) is 16.5. The van der Waals surface area contributed by atoms with E-state index in [-0.39, 0.29) is 6.54 Å². The van der Waals surface area contributed by atoms with E-state index >= 15 is 0 Å². The SMILES string of the molecule is CC(C)C(NC(=O)C(CC(N)=O)NC(=O)C1CCCN1C(=O)C(N)CO)C(=O)O. The fraction of sp³-hybridized carbons (Fsp3) is 0.706. The van der Waals surface area contributed by atoms with Gasteiger partial charge >= 0.3 is 5.97 Å². The largest absolute Gasteiger partial charge is 0.480 e. The Labute approximate surface area is 168 Å². The van der Waals surface area contributed by atoms with E-state index in [1.807, 2.05) is 0 Å². The minimum atomic E-state index is -1.40. The number of aliphatic hydroxyl groups is 1. The van der Waals surface area contributed by atoms with Crippen molar-refractivity contribution >= 4 is 29.6 Å². The molecule has 1 aliphatic heterocycles. The lowest BCUT2D eigenvalue weighted by atomic mass is 10.0. The van der Waals surface area contributed by atoms with Crippen molar-refractivity contribution in [2.24, 2.45) is 17.4 Å². The molecule has 1 saturated heterocycles. The average Bonchev–Trinajstić information content (AvgIpc) is 3.12. The van der Waals surface area contributed by atoms with E-state index in [4.69, 9.17) is 16.6 Å². The van der Waals surface area contributed by atoms with Crippen LogP contribution in [0.2, 0.25) is 0 Å². The molecule has 1 heterocycles. The summed E-state index contributed by atoms with van der Waals surface area (Å²) in [4.78, 5) is 61.2. The van der Waals surface area contributed by atoms with Gasteiger partial charge in [-0.3, -0.25) is 19.2 Å². The number of aliphatic hydroxyl groups excluding tert-OH is 1. The first-order valence-electron chi connectivity index (χ1n) is 9.28. The lowest BCUT2D eigenvalue weighted by Crippen LogP contribution is -2.58. The number of nitrogens with zero attached hydrogens (tertiary/aromatic N) is 1. The van der Waals surface area contributed by atoms with Crippen LogP contribution in [0.4, 0.5) is 0 Å². The summed E-state index contributed by atoms with van der Waals surface area (Å²) in [6.45, 7) is 2.86. The van der Waals surface area contributed by atoms with Crippen LogP contribution in [0.1, 0.15) is 33.1 Å². The van der Waals surface area contributed by atoms with Crippen LogP contribution in [-0.2, 0) is 24.0 Å². The number of carbonyl (C=O) groups excluding carboxylic acids is 4. The molecule has 164 valence electrons. The van der Waals surface area contributed by atoms with Gasteiger partial charge in [0.2, 0.25) is 23.6 Å². The van der Waals surface area contributed by atoms with Crippen molar-refractivity contribution in [3.05, 3.63) is 0 Å². The summed E-state index contributed by atoms with van der Waals surface area (Å²) in [5.41, 5.74) is 10.7. The summed E-state index contributed by atoms with van der Waals surface area (Å²) < 4.78 is 0. The summed E-state index contributed by atoms with van der Waals surface area (Å²) in [5.74, 6) is -4.75. The molecule has 4 atom stereocenters. The number of nitrogens with two attached hydrogens (primary N) is 2.